The van der Waals surface area contributed by atoms with Crippen molar-refractivity contribution in [1.82, 2.24) is 0 Å². The highest BCUT2D eigenvalue weighted by molar-refractivity contribution is 6.06. The Morgan fingerprint density at radius 3 is 2.36 bits per heavy atom. The molecule has 2 aromatic rings. The maximum atomic E-state index is 12.1. The zero-order valence-electron chi connectivity index (χ0n) is 12.3. The van der Waals surface area contributed by atoms with Crippen molar-refractivity contribution in [2.75, 3.05) is 10.6 Å². The van der Waals surface area contributed by atoms with Gasteiger partial charge in [-0.25, -0.2) is 0 Å². The number of rotatable bonds is 5. The van der Waals surface area contributed by atoms with E-state index in [0.29, 0.717) is 17.8 Å². The second-order valence-electron chi connectivity index (χ2n) is 4.85. The molecule has 0 aliphatic carbocycles. The molecule has 0 aliphatic heterocycles. The summed E-state index contributed by atoms with van der Waals surface area (Å²) in [6.07, 6.45) is 1.23. The van der Waals surface area contributed by atoms with Gasteiger partial charge in [-0.15, -0.1) is 0 Å². The van der Waals surface area contributed by atoms with Crippen molar-refractivity contribution < 1.29 is 14.7 Å². The van der Waals surface area contributed by atoms with E-state index in [1.807, 2.05) is 6.92 Å². The van der Waals surface area contributed by atoms with Crippen molar-refractivity contribution in [2.24, 2.45) is 0 Å². The van der Waals surface area contributed by atoms with Crippen LogP contribution in [0.15, 0.2) is 48.5 Å². The Balaban J connectivity index is 2.09. The van der Waals surface area contributed by atoms with Gasteiger partial charge in [0.1, 0.15) is 5.75 Å². The first-order valence-corrected chi connectivity index (χ1v) is 7.09. The second-order valence-corrected chi connectivity index (χ2v) is 4.85. The van der Waals surface area contributed by atoms with Crippen LogP contribution in [0.4, 0.5) is 11.4 Å². The van der Waals surface area contributed by atoms with Crippen molar-refractivity contribution in [3.8, 4) is 5.75 Å². The fourth-order valence-electron chi connectivity index (χ4n) is 1.99. The van der Waals surface area contributed by atoms with Gasteiger partial charge >= 0.3 is 0 Å². The normalized spacial score (nSPS) is 10.0. The van der Waals surface area contributed by atoms with Crippen LogP contribution >= 0.6 is 0 Å². The molecule has 22 heavy (non-hydrogen) atoms. The predicted molar refractivity (Wildman–Crippen MR) is 86.0 cm³/mol. The van der Waals surface area contributed by atoms with E-state index >= 15 is 0 Å². The molecule has 2 rings (SSSR count). The number of anilines is 2. The summed E-state index contributed by atoms with van der Waals surface area (Å²) in [4.78, 5) is 23.7. The van der Waals surface area contributed by atoms with E-state index in [1.54, 1.807) is 36.4 Å². The summed E-state index contributed by atoms with van der Waals surface area (Å²) in [6, 6.07) is 13.2. The Labute approximate surface area is 129 Å². The van der Waals surface area contributed by atoms with E-state index in [9.17, 15) is 14.7 Å². The number of para-hydroxylation sites is 1. The lowest BCUT2D eigenvalue weighted by Crippen LogP contribution is -2.13. The third-order valence-corrected chi connectivity index (χ3v) is 3.03. The Morgan fingerprint density at radius 2 is 1.68 bits per heavy atom. The Morgan fingerprint density at radius 1 is 1.00 bits per heavy atom. The van der Waals surface area contributed by atoms with Crippen LogP contribution in [0.1, 0.15) is 30.1 Å². The molecule has 0 saturated carbocycles. The fraction of sp³-hybridized carbons (Fsp3) is 0.176. The molecule has 0 unspecified atom stereocenters. The van der Waals surface area contributed by atoms with Crippen LogP contribution in [0.3, 0.4) is 0 Å². The van der Waals surface area contributed by atoms with Crippen LogP contribution in [0, 0.1) is 0 Å². The van der Waals surface area contributed by atoms with Crippen molar-refractivity contribution in [3.63, 3.8) is 0 Å². The standard InChI is InChI=1S/C17H18N2O3/c1-2-6-16(21)18-12-7-5-8-13(11-12)19-17(22)14-9-3-4-10-15(14)20/h3-5,7-11,20H,2,6H2,1H3,(H,18,21)(H,19,22). The largest absolute Gasteiger partial charge is 0.507 e. The van der Waals surface area contributed by atoms with Gasteiger partial charge < -0.3 is 15.7 Å². The van der Waals surface area contributed by atoms with Gasteiger partial charge in [0.05, 0.1) is 5.56 Å². The zero-order valence-corrected chi connectivity index (χ0v) is 12.3. The maximum Gasteiger partial charge on any atom is 0.259 e. The molecule has 2 amide bonds. The Kier molecular flexibility index (Phi) is 5.14. The van der Waals surface area contributed by atoms with E-state index < -0.39 is 5.91 Å². The number of carbonyl (C=O) groups is 2. The lowest BCUT2D eigenvalue weighted by Gasteiger charge is -2.09. The quantitative estimate of drug-likeness (QED) is 0.791. The van der Waals surface area contributed by atoms with E-state index in [0.717, 1.165) is 6.42 Å². The number of nitrogens with one attached hydrogen (secondary N) is 2. The molecule has 0 atom stereocenters. The summed E-state index contributed by atoms with van der Waals surface area (Å²) in [6.45, 7) is 1.93. The van der Waals surface area contributed by atoms with Crippen LogP contribution in [0.25, 0.3) is 0 Å². The van der Waals surface area contributed by atoms with Crippen LogP contribution < -0.4 is 10.6 Å². The number of carbonyl (C=O) groups excluding carboxylic acids is 2. The fourth-order valence-corrected chi connectivity index (χ4v) is 1.99. The summed E-state index contributed by atoms with van der Waals surface area (Å²) in [5, 5.41) is 15.1. The smallest absolute Gasteiger partial charge is 0.259 e. The molecule has 5 heteroatoms. The molecule has 0 bridgehead atoms. The van der Waals surface area contributed by atoms with Crippen molar-refractivity contribution >= 4 is 23.2 Å². The summed E-state index contributed by atoms with van der Waals surface area (Å²) in [5.74, 6) is -0.547. The highest BCUT2D eigenvalue weighted by Crippen LogP contribution is 2.20. The van der Waals surface area contributed by atoms with Gasteiger partial charge in [0, 0.05) is 17.8 Å². The molecule has 3 N–H and O–H groups in total. The third-order valence-electron chi connectivity index (χ3n) is 3.03. The van der Waals surface area contributed by atoms with E-state index in [2.05, 4.69) is 10.6 Å². The molecule has 0 spiro atoms. The molecule has 0 aliphatic rings. The van der Waals surface area contributed by atoms with E-state index in [1.165, 1.54) is 12.1 Å². The monoisotopic (exact) mass is 298 g/mol. The van der Waals surface area contributed by atoms with Crippen molar-refractivity contribution in [3.05, 3.63) is 54.1 Å². The van der Waals surface area contributed by atoms with Crippen LogP contribution in [0.5, 0.6) is 5.75 Å². The number of phenols is 1. The molecule has 0 saturated heterocycles. The minimum Gasteiger partial charge on any atom is -0.507 e. The van der Waals surface area contributed by atoms with Crippen molar-refractivity contribution in [1.29, 1.82) is 0 Å². The Bertz CT molecular complexity index is 683. The summed E-state index contributed by atoms with van der Waals surface area (Å²) >= 11 is 0. The lowest BCUT2D eigenvalue weighted by molar-refractivity contribution is -0.116. The van der Waals surface area contributed by atoms with Gasteiger partial charge in [0.2, 0.25) is 5.91 Å². The number of hydrogen-bond donors (Lipinski definition) is 3. The lowest BCUT2D eigenvalue weighted by atomic mass is 10.2. The molecular formula is C17H18N2O3. The molecule has 0 radical (unpaired) electrons. The highest BCUT2D eigenvalue weighted by Gasteiger charge is 2.10. The van der Waals surface area contributed by atoms with E-state index in [-0.39, 0.29) is 17.2 Å². The second kappa shape index (κ2) is 7.26. The Hall–Kier alpha value is -2.82. The average molecular weight is 298 g/mol. The topological polar surface area (TPSA) is 78.4 Å². The van der Waals surface area contributed by atoms with Crippen LogP contribution in [-0.2, 0) is 4.79 Å². The number of aromatic hydroxyl groups is 1. The number of benzene rings is 2. The van der Waals surface area contributed by atoms with Gasteiger partial charge in [-0.2, -0.15) is 0 Å². The molecule has 0 heterocycles. The maximum absolute atomic E-state index is 12.1. The molecule has 0 aromatic heterocycles. The number of hydrogen-bond acceptors (Lipinski definition) is 3. The number of amides is 2. The first-order valence-electron chi connectivity index (χ1n) is 7.09. The number of phenolic OH excluding ortho intramolecular Hbond substituents is 1. The van der Waals surface area contributed by atoms with Gasteiger partial charge in [0.15, 0.2) is 0 Å². The summed E-state index contributed by atoms with van der Waals surface area (Å²) in [5.41, 5.74) is 1.36. The van der Waals surface area contributed by atoms with Crippen LogP contribution in [-0.4, -0.2) is 16.9 Å². The minimum atomic E-state index is -0.407. The van der Waals surface area contributed by atoms with Crippen LogP contribution in [0.2, 0.25) is 0 Å². The zero-order chi connectivity index (χ0) is 15.9. The molecule has 114 valence electrons. The summed E-state index contributed by atoms with van der Waals surface area (Å²) in [7, 11) is 0. The first-order chi connectivity index (χ1) is 10.6. The summed E-state index contributed by atoms with van der Waals surface area (Å²) < 4.78 is 0. The highest BCUT2D eigenvalue weighted by atomic mass is 16.3. The molecule has 5 nitrogen and oxygen atoms in total. The van der Waals surface area contributed by atoms with Gasteiger partial charge in [-0.05, 0) is 36.8 Å². The third kappa shape index (κ3) is 4.09. The van der Waals surface area contributed by atoms with Gasteiger partial charge in [-0.3, -0.25) is 9.59 Å². The predicted octanol–water partition coefficient (Wildman–Crippen LogP) is 3.38. The molecule has 0 fully saturated rings. The van der Waals surface area contributed by atoms with Gasteiger partial charge in [0.25, 0.3) is 5.91 Å². The molecular weight excluding hydrogens is 280 g/mol. The SMILES string of the molecule is CCCC(=O)Nc1cccc(NC(=O)c2ccccc2O)c1. The van der Waals surface area contributed by atoms with Gasteiger partial charge in [-0.1, -0.05) is 25.1 Å². The van der Waals surface area contributed by atoms with E-state index in [4.69, 9.17) is 0 Å². The average Bonchev–Trinajstić information content (AvgIpc) is 2.48. The minimum absolute atomic E-state index is 0.0633. The molecule has 2 aromatic carbocycles. The van der Waals surface area contributed by atoms with Crippen molar-refractivity contribution in [2.45, 2.75) is 19.8 Å². The first kappa shape index (κ1) is 15.6.